The van der Waals surface area contributed by atoms with Crippen molar-refractivity contribution in [1.82, 2.24) is 0 Å². The molecule has 0 amide bonds. The van der Waals surface area contributed by atoms with E-state index in [0.29, 0.717) is 0 Å². The van der Waals surface area contributed by atoms with Crippen LogP contribution in [-0.2, 0) is 0 Å². The molecule has 0 aliphatic heterocycles. The first-order chi connectivity index (χ1) is 8.20. The Balaban J connectivity index is 2.26. The predicted octanol–water partition coefficient (Wildman–Crippen LogP) is 4.13. The van der Waals surface area contributed by atoms with Gasteiger partial charge in [0, 0.05) is 4.90 Å². The van der Waals surface area contributed by atoms with Crippen LogP contribution in [0.3, 0.4) is 0 Å². The Hall–Kier alpha value is -1.25. The van der Waals surface area contributed by atoms with Crippen LogP contribution in [0.5, 0.6) is 0 Å². The van der Waals surface area contributed by atoms with Crippen LogP contribution < -0.4 is 0 Å². The fraction of sp³-hybridized carbons (Fsp3) is 0.200. The van der Waals surface area contributed by atoms with Gasteiger partial charge in [-0.05, 0) is 42.0 Å². The number of hydrogen-bond acceptors (Lipinski definition) is 2. The van der Waals surface area contributed by atoms with Crippen LogP contribution in [0.15, 0.2) is 53.4 Å². The minimum Gasteiger partial charge on any atom is -0.389 e. The van der Waals surface area contributed by atoms with Gasteiger partial charge in [0.1, 0.15) is 0 Å². The highest BCUT2D eigenvalue weighted by Crippen LogP contribution is 2.24. The molecule has 0 saturated heterocycles. The number of thioether (sulfide) groups is 1. The van der Waals surface area contributed by atoms with Crippen LogP contribution in [-0.4, -0.2) is 11.4 Å². The van der Waals surface area contributed by atoms with E-state index in [2.05, 4.69) is 42.7 Å². The molecule has 2 aromatic carbocycles. The summed E-state index contributed by atoms with van der Waals surface area (Å²) in [6, 6.07) is 16.6. The third-order valence-electron chi connectivity index (χ3n) is 2.82. The molecule has 0 aromatic heterocycles. The number of aliphatic hydroxyl groups excluding tert-OH is 1. The molecule has 1 nitrogen and oxygen atoms in total. The minimum absolute atomic E-state index is 0.400. The smallest absolute Gasteiger partial charge is 0.0761 e. The molecule has 2 rings (SSSR count). The third-order valence-corrected chi connectivity index (χ3v) is 3.56. The van der Waals surface area contributed by atoms with Gasteiger partial charge in [-0.2, -0.15) is 0 Å². The molecule has 1 N–H and O–H groups in total. The van der Waals surface area contributed by atoms with E-state index in [1.54, 1.807) is 18.7 Å². The van der Waals surface area contributed by atoms with Crippen LogP contribution in [0.1, 0.15) is 18.6 Å². The molecule has 0 aliphatic carbocycles. The molecule has 0 fully saturated rings. The highest BCUT2D eigenvalue weighted by atomic mass is 32.2. The highest BCUT2D eigenvalue weighted by Gasteiger charge is 2.01. The standard InChI is InChI=1S/C15H16OS/c1-11(16)12-3-5-13(6-4-12)14-7-9-15(17-2)10-8-14/h3-11,16H,1-2H3. The highest BCUT2D eigenvalue weighted by molar-refractivity contribution is 7.98. The average Bonchev–Trinajstić information content (AvgIpc) is 2.39. The SMILES string of the molecule is CSc1ccc(-c2ccc(C(C)O)cc2)cc1. The van der Waals surface area contributed by atoms with E-state index >= 15 is 0 Å². The Morgan fingerprint density at radius 1 is 0.882 bits per heavy atom. The normalized spacial score (nSPS) is 12.4. The topological polar surface area (TPSA) is 20.2 Å². The summed E-state index contributed by atoms with van der Waals surface area (Å²) in [7, 11) is 0. The maximum atomic E-state index is 9.45. The second-order valence-corrected chi connectivity index (χ2v) is 4.91. The van der Waals surface area contributed by atoms with Gasteiger partial charge in [0.05, 0.1) is 6.10 Å². The van der Waals surface area contributed by atoms with E-state index < -0.39 is 6.10 Å². The van der Waals surface area contributed by atoms with E-state index in [1.165, 1.54) is 16.0 Å². The van der Waals surface area contributed by atoms with Crippen molar-refractivity contribution < 1.29 is 5.11 Å². The molecule has 0 bridgehead atoms. The van der Waals surface area contributed by atoms with Gasteiger partial charge in [-0.3, -0.25) is 0 Å². The summed E-state index contributed by atoms with van der Waals surface area (Å²) in [5.74, 6) is 0. The van der Waals surface area contributed by atoms with E-state index in [0.717, 1.165) is 5.56 Å². The summed E-state index contributed by atoms with van der Waals surface area (Å²) < 4.78 is 0. The van der Waals surface area contributed by atoms with Crippen LogP contribution in [0.25, 0.3) is 11.1 Å². The van der Waals surface area contributed by atoms with Crippen LogP contribution in [0.2, 0.25) is 0 Å². The van der Waals surface area contributed by atoms with Crippen molar-refractivity contribution in [2.24, 2.45) is 0 Å². The molecule has 88 valence electrons. The lowest BCUT2D eigenvalue weighted by molar-refractivity contribution is 0.199. The molecule has 1 unspecified atom stereocenters. The molecule has 1 atom stereocenters. The monoisotopic (exact) mass is 244 g/mol. The molecule has 0 spiro atoms. The number of rotatable bonds is 3. The van der Waals surface area contributed by atoms with Gasteiger partial charge in [0.25, 0.3) is 0 Å². The number of benzene rings is 2. The van der Waals surface area contributed by atoms with Gasteiger partial charge in [-0.1, -0.05) is 36.4 Å². The summed E-state index contributed by atoms with van der Waals surface area (Å²) in [4.78, 5) is 1.27. The molecule has 0 radical (unpaired) electrons. The lowest BCUT2D eigenvalue weighted by Crippen LogP contribution is -1.89. The van der Waals surface area contributed by atoms with Crippen LogP contribution in [0, 0.1) is 0 Å². The van der Waals surface area contributed by atoms with E-state index in [9.17, 15) is 5.11 Å². The van der Waals surface area contributed by atoms with Gasteiger partial charge in [-0.15, -0.1) is 11.8 Å². The zero-order valence-corrected chi connectivity index (χ0v) is 10.9. The van der Waals surface area contributed by atoms with Gasteiger partial charge in [0.15, 0.2) is 0 Å². The summed E-state index contributed by atoms with van der Waals surface area (Å²) in [6.07, 6.45) is 1.68. The molecule has 0 heterocycles. The van der Waals surface area contributed by atoms with Gasteiger partial charge in [0.2, 0.25) is 0 Å². The Kier molecular flexibility index (Phi) is 3.87. The molecule has 2 aromatic rings. The summed E-state index contributed by atoms with van der Waals surface area (Å²) in [6.45, 7) is 1.78. The van der Waals surface area contributed by atoms with Crippen molar-refractivity contribution in [3.05, 3.63) is 54.1 Å². The first-order valence-corrected chi connectivity index (χ1v) is 6.85. The average molecular weight is 244 g/mol. The third kappa shape index (κ3) is 2.90. The fourth-order valence-corrected chi connectivity index (χ4v) is 2.15. The lowest BCUT2D eigenvalue weighted by Gasteiger charge is -2.07. The maximum absolute atomic E-state index is 9.45. The first kappa shape index (κ1) is 12.2. The summed E-state index contributed by atoms with van der Waals surface area (Å²) in [5.41, 5.74) is 3.34. The van der Waals surface area contributed by atoms with Crippen LogP contribution >= 0.6 is 11.8 Å². The zero-order chi connectivity index (χ0) is 12.3. The Bertz CT molecular complexity index is 471. The summed E-state index contributed by atoms with van der Waals surface area (Å²) >= 11 is 1.75. The Morgan fingerprint density at radius 3 is 1.76 bits per heavy atom. The van der Waals surface area contributed by atoms with Crippen molar-refractivity contribution >= 4 is 11.8 Å². The van der Waals surface area contributed by atoms with Crippen molar-refractivity contribution in [3.8, 4) is 11.1 Å². The quantitative estimate of drug-likeness (QED) is 0.819. The Morgan fingerprint density at radius 2 is 1.35 bits per heavy atom. The number of hydrogen-bond donors (Lipinski definition) is 1. The maximum Gasteiger partial charge on any atom is 0.0761 e. The van der Waals surface area contributed by atoms with Crippen molar-refractivity contribution in [3.63, 3.8) is 0 Å². The van der Waals surface area contributed by atoms with Gasteiger partial charge in [-0.25, -0.2) is 0 Å². The van der Waals surface area contributed by atoms with Gasteiger partial charge < -0.3 is 5.11 Å². The second-order valence-electron chi connectivity index (χ2n) is 4.03. The zero-order valence-electron chi connectivity index (χ0n) is 10.1. The van der Waals surface area contributed by atoms with Gasteiger partial charge >= 0.3 is 0 Å². The van der Waals surface area contributed by atoms with Crippen molar-refractivity contribution in [2.75, 3.05) is 6.26 Å². The van der Waals surface area contributed by atoms with E-state index in [4.69, 9.17) is 0 Å². The van der Waals surface area contributed by atoms with E-state index in [-0.39, 0.29) is 0 Å². The molecule has 17 heavy (non-hydrogen) atoms. The van der Waals surface area contributed by atoms with E-state index in [1.807, 2.05) is 12.1 Å². The Labute approximate surface area is 107 Å². The summed E-state index contributed by atoms with van der Waals surface area (Å²) in [5, 5.41) is 9.45. The van der Waals surface area contributed by atoms with Crippen molar-refractivity contribution in [1.29, 1.82) is 0 Å². The van der Waals surface area contributed by atoms with Crippen LogP contribution in [0.4, 0.5) is 0 Å². The fourth-order valence-electron chi connectivity index (χ4n) is 1.74. The second kappa shape index (κ2) is 5.39. The largest absolute Gasteiger partial charge is 0.389 e. The molecule has 0 aliphatic rings. The molecular formula is C15H16OS. The predicted molar refractivity (Wildman–Crippen MR) is 74.3 cm³/mol. The number of aliphatic hydroxyl groups is 1. The molecule has 2 heteroatoms. The minimum atomic E-state index is -0.400. The molecular weight excluding hydrogens is 228 g/mol. The molecule has 0 saturated carbocycles. The first-order valence-electron chi connectivity index (χ1n) is 5.63. The van der Waals surface area contributed by atoms with Crippen molar-refractivity contribution in [2.45, 2.75) is 17.9 Å². The lowest BCUT2D eigenvalue weighted by atomic mass is 10.0.